The van der Waals surface area contributed by atoms with Crippen molar-refractivity contribution in [1.82, 2.24) is 9.88 Å². The van der Waals surface area contributed by atoms with E-state index < -0.39 is 5.54 Å². The molecule has 0 unspecified atom stereocenters. The van der Waals surface area contributed by atoms with E-state index in [1.807, 2.05) is 41.3 Å². The molecular formula is C24H24BrN3O2. The van der Waals surface area contributed by atoms with Gasteiger partial charge in [0.05, 0.1) is 11.4 Å². The van der Waals surface area contributed by atoms with Gasteiger partial charge in [-0.05, 0) is 42.2 Å². The minimum Gasteiger partial charge on any atom is -0.355 e. The van der Waals surface area contributed by atoms with Crippen molar-refractivity contribution >= 4 is 44.3 Å². The normalized spacial score (nSPS) is 20.4. The van der Waals surface area contributed by atoms with E-state index in [1.165, 1.54) is 0 Å². The molecule has 0 bridgehead atoms. The smallest absolute Gasteiger partial charge is 0.264 e. The molecule has 0 saturated heterocycles. The number of hydrogen-bond acceptors (Lipinski definition) is 2. The van der Waals surface area contributed by atoms with Gasteiger partial charge >= 0.3 is 0 Å². The van der Waals surface area contributed by atoms with Gasteiger partial charge in [-0.25, -0.2) is 0 Å². The van der Waals surface area contributed by atoms with E-state index >= 15 is 0 Å². The van der Waals surface area contributed by atoms with Crippen molar-refractivity contribution in [3.8, 4) is 0 Å². The highest BCUT2D eigenvalue weighted by atomic mass is 79.9. The molecule has 1 N–H and O–H groups in total. The van der Waals surface area contributed by atoms with E-state index in [9.17, 15) is 9.59 Å². The van der Waals surface area contributed by atoms with Crippen LogP contribution in [0.15, 0.2) is 46.9 Å². The Bertz CT molecular complexity index is 1200. The summed E-state index contributed by atoms with van der Waals surface area (Å²) in [5.74, 6) is 0.161. The van der Waals surface area contributed by atoms with Crippen molar-refractivity contribution in [2.75, 3.05) is 18.0 Å². The number of para-hydroxylation sites is 1. The topological polar surface area (TPSA) is 56.4 Å². The third-order valence-electron chi connectivity index (χ3n) is 6.29. The van der Waals surface area contributed by atoms with Gasteiger partial charge < -0.3 is 14.8 Å². The van der Waals surface area contributed by atoms with Crippen LogP contribution in [0.1, 0.15) is 37.6 Å². The molecular weight excluding hydrogens is 442 g/mol. The van der Waals surface area contributed by atoms with Gasteiger partial charge in [0.1, 0.15) is 0 Å². The summed E-state index contributed by atoms with van der Waals surface area (Å²) in [6.45, 7) is 6.89. The van der Waals surface area contributed by atoms with Crippen molar-refractivity contribution in [3.05, 3.63) is 63.8 Å². The first kappa shape index (κ1) is 19.4. The standard InChI is InChI=1S/C24H24BrN3O2/c1-14(2)13-27-21-9-8-16(25)12-19(21)24(23(27)30)22-18(10-11-28(24)15(3)29)17-6-4-5-7-20(17)26-22/h4-9,12,14,26H,10-11,13H2,1-3H3/t24-/m1/s1. The number of aromatic amines is 1. The molecule has 1 atom stereocenters. The Morgan fingerprint density at radius 1 is 1.23 bits per heavy atom. The fourth-order valence-corrected chi connectivity index (χ4v) is 5.55. The number of aromatic nitrogens is 1. The number of carbonyl (C=O) groups excluding carboxylic acids is 2. The highest BCUT2D eigenvalue weighted by Crippen LogP contribution is 2.52. The molecule has 30 heavy (non-hydrogen) atoms. The molecule has 1 spiro atoms. The average Bonchev–Trinajstić information content (AvgIpc) is 3.18. The highest BCUT2D eigenvalue weighted by Gasteiger charge is 2.60. The zero-order valence-corrected chi connectivity index (χ0v) is 18.9. The van der Waals surface area contributed by atoms with Gasteiger partial charge in [-0.3, -0.25) is 9.59 Å². The molecule has 0 radical (unpaired) electrons. The second kappa shape index (κ2) is 6.71. The summed E-state index contributed by atoms with van der Waals surface area (Å²) in [5.41, 5.74) is 3.56. The van der Waals surface area contributed by atoms with Crippen LogP contribution in [0.2, 0.25) is 0 Å². The molecule has 2 aromatic carbocycles. The van der Waals surface area contributed by atoms with Gasteiger partial charge in [-0.1, -0.05) is 48.0 Å². The quantitative estimate of drug-likeness (QED) is 0.601. The van der Waals surface area contributed by atoms with Crippen LogP contribution in [0, 0.1) is 5.92 Å². The number of hydrogen-bond donors (Lipinski definition) is 1. The second-order valence-corrected chi connectivity index (χ2v) is 9.54. The molecule has 0 saturated carbocycles. The maximum Gasteiger partial charge on any atom is 0.264 e. The molecule has 3 heterocycles. The Balaban J connectivity index is 1.88. The third-order valence-corrected chi connectivity index (χ3v) is 6.78. The Labute approximate surface area is 184 Å². The Morgan fingerprint density at radius 2 is 2.00 bits per heavy atom. The Kier molecular flexibility index (Phi) is 4.33. The number of amides is 2. The molecule has 2 amide bonds. The number of H-pyrrole nitrogens is 1. The van der Waals surface area contributed by atoms with Crippen LogP contribution < -0.4 is 4.90 Å². The molecule has 3 aromatic rings. The molecule has 154 valence electrons. The summed E-state index contributed by atoms with van der Waals surface area (Å²) in [6.07, 6.45) is 0.724. The van der Waals surface area contributed by atoms with E-state index in [2.05, 4.69) is 40.8 Å². The highest BCUT2D eigenvalue weighted by molar-refractivity contribution is 9.10. The van der Waals surface area contributed by atoms with Crippen molar-refractivity contribution in [2.45, 2.75) is 32.7 Å². The van der Waals surface area contributed by atoms with E-state index in [1.54, 1.807) is 11.8 Å². The maximum absolute atomic E-state index is 14.2. The van der Waals surface area contributed by atoms with Crippen LogP contribution in [-0.4, -0.2) is 34.8 Å². The van der Waals surface area contributed by atoms with E-state index in [0.29, 0.717) is 19.0 Å². The number of carbonyl (C=O) groups is 2. The fourth-order valence-electron chi connectivity index (χ4n) is 5.19. The zero-order valence-electron chi connectivity index (χ0n) is 17.3. The first-order valence-corrected chi connectivity index (χ1v) is 11.1. The number of benzene rings is 2. The SMILES string of the molecule is CC(=O)N1CCc2c([nH]c3ccccc23)[C@]12C(=O)N(CC(C)C)c1ccc(Br)cc12. The Hall–Kier alpha value is -2.60. The lowest BCUT2D eigenvalue weighted by Gasteiger charge is -2.43. The summed E-state index contributed by atoms with van der Waals surface area (Å²) in [7, 11) is 0. The summed E-state index contributed by atoms with van der Waals surface area (Å²) in [4.78, 5) is 34.3. The molecule has 6 heteroatoms. The Morgan fingerprint density at radius 3 is 2.73 bits per heavy atom. The monoisotopic (exact) mass is 465 g/mol. The van der Waals surface area contributed by atoms with Crippen molar-refractivity contribution in [3.63, 3.8) is 0 Å². The van der Waals surface area contributed by atoms with E-state index in [-0.39, 0.29) is 11.8 Å². The minimum absolute atomic E-state index is 0.0491. The van der Waals surface area contributed by atoms with Gasteiger partial charge in [-0.2, -0.15) is 0 Å². The molecule has 2 aliphatic heterocycles. The van der Waals surface area contributed by atoms with Crippen LogP contribution in [-0.2, 0) is 21.5 Å². The number of anilines is 1. The van der Waals surface area contributed by atoms with Crippen LogP contribution in [0.5, 0.6) is 0 Å². The summed E-state index contributed by atoms with van der Waals surface area (Å²) < 4.78 is 0.895. The first-order chi connectivity index (χ1) is 14.4. The molecule has 2 aliphatic rings. The van der Waals surface area contributed by atoms with Crippen LogP contribution >= 0.6 is 15.9 Å². The number of rotatable bonds is 2. The summed E-state index contributed by atoms with van der Waals surface area (Å²) in [6, 6.07) is 14.1. The van der Waals surface area contributed by atoms with Crippen molar-refractivity contribution < 1.29 is 9.59 Å². The zero-order chi connectivity index (χ0) is 21.2. The predicted molar refractivity (Wildman–Crippen MR) is 122 cm³/mol. The summed E-state index contributed by atoms with van der Waals surface area (Å²) >= 11 is 3.59. The second-order valence-electron chi connectivity index (χ2n) is 8.63. The summed E-state index contributed by atoms with van der Waals surface area (Å²) in [5, 5.41) is 1.13. The largest absolute Gasteiger partial charge is 0.355 e. The molecule has 1 aromatic heterocycles. The molecule has 0 fully saturated rings. The molecule has 5 nitrogen and oxygen atoms in total. The lowest BCUT2D eigenvalue weighted by Crippen LogP contribution is -2.59. The van der Waals surface area contributed by atoms with Crippen LogP contribution in [0.3, 0.4) is 0 Å². The van der Waals surface area contributed by atoms with E-state index in [0.717, 1.165) is 44.3 Å². The molecule has 0 aliphatic carbocycles. The van der Waals surface area contributed by atoms with Crippen molar-refractivity contribution in [1.29, 1.82) is 0 Å². The van der Waals surface area contributed by atoms with Gasteiger partial charge in [0.2, 0.25) is 5.91 Å². The molecule has 5 rings (SSSR count). The van der Waals surface area contributed by atoms with Crippen molar-refractivity contribution in [2.24, 2.45) is 5.92 Å². The fraction of sp³-hybridized carbons (Fsp3) is 0.333. The first-order valence-electron chi connectivity index (χ1n) is 10.4. The third kappa shape index (κ3) is 2.46. The van der Waals surface area contributed by atoms with E-state index in [4.69, 9.17) is 0 Å². The number of nitrogens with zero attached hydrogens (tertiary/aromatic N) is 2. The van der Waals surface area contributed by atoms with Gasteiger partial charge in [-0.15, -0.1) is 0 Å². The number of nitrogens with one attached hydrogen (secondary N) is 1. The van der Waals surface area contributed by atoms with Gasteiger partial charge in [0.25, 0.3) is 5.91 Å². The number of fused-ring (bicyclic) bond motifs is 6. The van der Waals surface area contributed by atoms with Gasteiger partial charge in [0, 0.05) is 41.0 Å². The predicted octanol–water partition coefficient (Wildman–Crippen LogP) is 4.58. The maximum atomic E-state index is 14.2. The van der Waals surface area contributed by atoms with Crippen LogP contribution in [0.4, 0.5) is 5.69 Å². The lowest BCUT2D eigenvalue weighted by molar-refractivity contribution is -0.143. The van der Waals surface area contributed by atoms with Crippen LogP contribution in [0.25, 0.3) is 10.9 Å². The lowest BCUT2D eigenvalue weighted by atomic mass is 9.80. The minimum atomic E-state index is -1.16. The number of halogens is 1. The van der Waals surface area contributed by atoms with Gasteiger partial charge in [0.15, 0.2) is 5.54 Å². The average molecular weight is 466 g/mol.